The van der Waals surface area contributed by atoms with E-state index in [0.29, 0.717) is 28.6 Å². The molecule has 0 amide bonds. The molecule has 8 heteroatoms. The Morgan fingerprint density at radius 1 is 1.30 bits per heavy atom. The van der Waals surface area contributed by atoms with E-state index in [4.69, 9.17) is 16.3 Å². The topological polar surface area (TPSA) is 46.5 Å². The first-order chi connectivity index (χ1) is 17.4. The SMILES string of the molecule is C=C(C)N=C/C(OCC1(c2cccc(C(F)(F)F)c2)CC1C)=C(/C)CCCC.CNc1ccc(Cl)cn1. The van der Waals surface area contributed by atoms with Crippen LogP contribution < -0.4 is 5.32 Å². The Balaban J connectivity index is 0.000000449. The van der Waals surface area contributed by atoms with Gasteiger partial charge in [0, 0.05) is 24.4 Å². The largest absolute Gasteiger partial charge is 0.491 e. The molecule has 2 unspecified atom stereocenters. The van der Waals surface area contributed by atoms with Gasteiger partial charge in [-0.3, -0.25) is 4.99 Å². The molecule has 2 atom stereocenters. The van der Waals surface area contributed by atoms with Gasteiger partial charge in [0.1, 0.15) is 11.6 Å². The number of allylic oxidation sites excluding steroid dienone is 3. The van der Waals surface area contributed by atoms with E-state index in [0.717, 1.165) is 43.1 Å². The maximum atomic E-state index is 13.1. The lowest BCUT2D eigenvalue weighted by Crippen LogP contribution is -2.19. The smallest absolute Gasteiger partial charge is 0.416 e. The second-order valence-corrected chi connectivity index (χ2v) is 9.92. The highest BCUT2D eigenvalue weighted by Crippen LogP contribution is 2.55. The molecule has 0 aliphatic heterocycles. The Hall–Kier alpha value is -2.80. The summed E-state index contributed by atoms with van der Waals surface area (Å²) in [7, 11) is 1.82. The average molecular weight is 536 g/mol. The first-order valence-electron chi connectivity index (χ1n) is 12.4. The van der Waals surface area contributed by atoms with Gasteiger partial charge in [-0.2, -0.15) is 13.2 Å². The van der Waals surface area contributed by atoms with E-state index in [9.17, 15) is 13.2 Å². The summed E-state index contributed by atoms with van der Waals surface area (Å²) in [4.78, 5) is 8.22. The predicted molar refractivity (Wildman–Crippen MR) is 147 cm³/mol. The average Bonchev–Trinajstić information content (AvgIpc) is 3.53. The summed E-state index contributed by atoms with van der Waals surface area (Å²) in [5.74, 6) is 1.80. The zero-order chi connectivity index (χ0) is 27.6. The quantitative estimate of drug-likeness (QED) is 0.244. The van der Waals surface area contributed by atoms with Gasteiger partial charge >= 0.3 is 6.18 Å². The Bertz CT molecular complexity index is 1100. The number of halogens is 4. The molecule has 2 aromatic rings. The van der Waals surface area contributed by atoms with Crippen molar-refractivity contribution in [2.24, 2.45) is 10.9 Å². The van der Waals surface area contributed by atoms with E-state index < -0.39 is 11.7 Å². The molecule has 0 saturated heterocycles. The van der Waals surface area contributed by atoms with Crippen LogP contribution in [0.5, 0.6) is 0 Å². The van der Waals surface area contributed by atoms with Crippen molar-refractivity contribution in [2.45, 2.75) is 65.0 Å². The van der Waals surface area contributed by atoms with E-state index >= 15 is 0 Å². The second-order valence-electron chi connectivity index (χ2n) is 9.48. The molecule has 4 nitrogen and oxygen atoms in total. The number of nitrogens with one attached hydrogen (secondary N) is 1. The summed E-state index contributed by atoms with van der Waals surface area (Å²) < 4.78 is 45.5. The molecule has 1 fully saturated rings. The fraction of sp³-hybridized carbons (Fsp3) is 0.448. The Morgan fingerprint density at radius 3 is 2.51 bits per heavy atom. The third-order valence-corrected chi connectivity index (χ3v) is 6.64. The van der Waals surface area contributed by atoms with Crippen LogP contribution in [0, 0.1) is 5.92 Å². The number of alkyl halides is 3. The highest BCUT2D eigenvalue weighted by atomic mass is 35.5. The van der Waals surface area contributed by atoms with Crippen LogP contribution in [0.2, 0.25) is 5.02 Å². The molecule has 1 aliphatic rings. The molecule has 1 heterocycles. The maximum Gasteiger partial charge on any atom is 0.416 e. The van der Waals surface area contributed by atoms with Gasteiger partial charge in [-0.05, 0) is 68.4 Å². The van der Waals surface area contributed by atoms with Gasteiger partial charge in [-0.25, -0.2) is 4.98 Å². The summed E-state index contributed by atoms with van der Waals surface area (Å²) in [5, 5.41) is 3.55. The zero-order valence-electron chi connectivity index (χ0n) is 22.3. The third kappa shape index (κ3) is 9.22. The van der Waals surface area contributed by atoms with Crippen molar-refractivity contribution < 1.29 is 17.9 Å². The van der Waals surface area contributed by atoms with Crippen molar-refractivity contribution in [2.75, 3.05) is 19.0 Å². The highest BCUT2D eigenvalue weighted by Gasteiger charge is 2.53. The number of aromatic nitrogens is 1. The lowest BCUT2D eigenvalue weighted by Gasteiger charge is -2.21. The van der Waals surface area contributed by atoms with E-state index in [1.807, 2.05) is 27.0 Å². The molecule has 1 saturated carbocycles. The minimum absolute atomic E-state index is 0.270. The van der Waals surface area contributed by atoms with Gasteiger partial charge in [0.25, 0.3) is 0 Å². The van der Waals surface area contributed by atoms with Gasteiger partial charge in [0.05, 0.1) is 23.4 Å². The molecular weight excluding hydrogens is 499 g/mol. The number of ether oxygens (including phenoxy) is 1. The molecule has 0 bridgehead atoms. The molecule has 202 valence electrons. The van der Waals surface area contributed by atoms with Gasteiger partial charge in [0.15, 0.2) is 0 Å². The van der Waals surface area contributed by atoms with Crippen LogP contribution in [0.1, 0.15) is 64.5 Å². The minimum Gasteiger partial charge on any atom is -0.491 e. The number of unbranched alkanes of at least 4 members (excludes halogenated alkanes) is 1. The van der Waals surface area contributed by atoms with Gasteiger partial charge in [0.2, 0.25) is 0 Å². The van der Waals surface area contributed by atoms with Crippen LogP contribution in [-0.2, 0) is 16.3 Å². The monoisotopic (exact) mass is 535 g/mol. The number of hydrogen-bond acceptors (Lipinski definition) is 4. The highest BCUT2D eigenvalue weighted by molar-refractivity contribution is 6.30. The van der Waals surface area contributed by atoms with E-state index in [2.05, 4.69) is 35.7 Å². The zero-order valence-corrected chi connectivity index (χ0v) is 23.0. The number of nitrogens with zero attached hydrogens (tertiary/aromatic N) is 2. The van der Waals surface area contributed by atoms with Crippen LogP contribution in [0.25, 0.3) is 0 Å². The number of rotatable bonds is 10. The van der Waals surface area contributed by atoms with E-state index in [1.54, 1.807) is 24.5 Å². The van der Waals surface area contributed by atoms with Crippen molar-refractivity contribution >= 4 is 23.6 Å². The molecule has 1 aromatic heterocycles. The lowest BCUT2D eigenvalue weighted by atomic mass is 9.92. The van der Waals surface area contributed by atoms with Crippen molar-refractivity contribution in [1.29, 1.82) is 0 Å². The Labute approximate surface area is 223 Å². The van der Waals surface area contributed by atoms with E-state index in [-0.39, 0.29) is 11.3 Å². The van der Waals surface area contributed by atoms with Crippen molar-refractivity contribution in [3.05, 3.63) is 82.4 Å². The molecule has 1 N–H and O–H groups in total. The van der Waals surface area contributed by atoms with Gasteiger partial charge < -0.3 is 10.1 Å². The lowest BCUT2D eigenvalue weighted by molar-refractivity contribution is -0.137. The number of benzene rings is 1. The Kier molecular flexibility index (Phi) is 11.2. The minimum atomic E-state index is -4.34. The van der Waals surface area contributed by atoms with Crippen LogP contribution in [0.4, 0.5) is 19.0 Å². The van der Waals surface area contributed by atoms with Gasteiger partial charge in [-0.1, -0.05) is 56.6 Å². The summed E-state index contributed by atoms with van der Waals surface area (Å²) in [6, 6.07) is 9.25. The van der Waals surface area contributed by atoms with E-state index in [1.165, 1.54) is 12.1 Å². The van der Waals surface area contributed by atoms with Gasteiger partial charge in [-0.15, -0.1) is 0 Å². The number of hydrogen-bond donors (Lipinski definition) is 1. The standard InChI is InChI=1S/C23H30F3NO.C6H7ClN2/c1-6-7-9-17(4)21(14-27-16(2)3)28-15-22(13-18(22)5)19-10-8-11-20(12-19)23(24,25)26;1-8-6-3-2-5(7)4-9-6/h8,10-12,14,18H,2,6-7,9,13,15H2,1,3-5H3;2-4H,1H3,(H,8,9)/b21-17+,27-14?;. The van der Waals surface area contributed by atoms with Crippen molar-refractivity contribution in [3.63, 3.8) is 0 Å². The third-order valence-electron chi connectivity index (χ3n) is 6.42. The van der Waals surface area contributed by atoms with Crippen LogP contribution in [0.15, 0.2) is 71.2 Å². The summed E-state index contributed by atoms with van der Waals surface area (Å²) >= 11 is 5.58. The molecule has 0 radical (unpaired) electrons. The molecule has 37 heavy (non-hydrogen) atoms. The molecule has 3 rings (SSSR count). The Morgan fingerprint density at radius 2 is 2.00 bits per heavy atom. The molecule has 0 spiro atoms. The summed E-state index contributed by atoms with van der Waals surface area (Å²) in [6.07, 6.45) is 2.79. The molecule has 1 aliphatic carbocycles. The fourth-order valence-corrected chi connectivity index (χ4v) is 4.03. The first kappa shape index (κ1) is 30.4. The normalized spacial score (nSPS) is 19.5. The second kappa shape index (κ2) is 13.7. The molecule has 1 aromatic carbocycles. The summed E-state index contributed by atoms with van der Waals surface area (Å²) in [5.41, 5.74) is 1.48. The predicted octanol–water partition coefficient (Wildman–Crippen LogP) is 8.84. The fourth-order valence-electron chi connectivity index (χ4n) is 3.91. The van der Waals surface area contributed by atoms with Crippen LogP contribution in [0.3, 0.4) is 0 Å². The van der Waals surface area contributed by atoms with Crippen molar-refractivity contribution in [3.8, 4) is 0 Å². The first-order valence-corrected chi connectivity index (χ1v) is 12.8. The molecular formula is C29H37ClF3N3O. The van der Waals surface area contributed by atoms with Crippen LogP contribution >= 0.6 is 11.6 Å². The van der Waals surface area contributed by atoms with Crippen LogP contribution in [-0.4, -0.2) is 24.9 Å². The van der Waals surface area contributed by atoms with Crippen molar-refractivity contribution in [1.82, 2.24) is 4.98 Å². The summed E-state index contributed by atoms with van der Waals surface area (Å²) in [6.45, 7) is 12.1. The number of pyridine rings is 1. The number of aliphatic imine (C=N–C) groups is 1. The maximum absolute atomic E-state index is 13.1. The number of anilines is 1.